The summed E-state index contributed by atoms with van der Waals surface area (Å²) in [4.78, 5) is 0. The van der Waals surface area contributed by atoms with Gasteiger partial charge < -0.3 is 10.2 Å². The van der Waals surface area contributed by atoms with E-state index in [2.05, 4.69) is 0 Å². The summed E-state index contributed by atoms with van der Waals surface area (Å²) in [6, 6.07) is 0. The predicted molar refractivity (Wildman–Crippen MR) is 37.1 cm³/mol. The molecule has 2 N–H and O–H groups in total. The maximum atomic E-state index is 9.07. The van der Waals surface area contributed by atoms with E-state index in [4.69, 9.17) is 10.2 Å². The molecule has 9 heavy (non-hydrogen) atoms. The molecule has 0 rings (SSSR count). The summed E-state index contributed by atoms with van der Waals surface area (Å²) in [5.74, 6) is 0. The van der Waals surface area contributed by atoms with Crippen LogP contribution in [0.4, 0.5) is 0 Å². The number of aliphatic hydroxyl groups excluding tert-OH is 1. The van der Waals surface area contributed by atoms with Crippen molar-refractivity contribution in [1.82, 2.24) is 0 Å². The van der Waals surface area contributed by atoms with Gasteiger partial charge in [-0.05, 0) is 20.8 Å². The molecule has 0 heterocycles. The molecule has 0 aromatic carbocycles. The lowest BCUT2D eigenvalue weighted by Crippen LogP contribution is -2.14. The van der Waals surface area contributed by atoms with E-state index in [1.165, 1.54) is 0 Å². The smallest absolute Gasteiger partial charge is 0.0772 e. The zero-order valence-electron chi connectivity index (χ0n) is 6.13. The van der Waals surface area contributed by atoms with Crippen molar-refractivity contribution in [2.24, 2.45) is 0 Å². The molecule has 54 valence electrons. The van der Waals surface area contributed by atoms with E-state index in [1.54, 1.807) is 32.9 Å². The average molecular weight is 130 g/mol. The van der Waals surface area contributed by atoms with Crippen molar-refractivity contribution in [2.75, 3.05) is 0 Å². The van der Waals surface area contributed by atoms with Gasteiger partial charge in [0.2, 0.25) is 0 Å². The molecule has 0 saturated heterocycles. The van der Waals surface area contributed by atoms with Crippen LogP contribution in [0.2, 0.25) is 0 Å². The minimum atomic E-state index is -0.809. The van der Waals surface area contributed by atoms with E-state index >= 15 is 0 Å². The standard InChI is InChI=1S/C7H14O2/c1-6(8)4-5-7(2,3)9/h4-6,8-9H,1-3H3/b5-4+. The highest BCUT2D eigenvalue weighted by molar-refractivity contribution is 4.97. The molecular weight excluding hydrogens is 116 g/mol. The largest absolute Gasteiger partial charge is 0.389 e. The fraction of sp³-hybridized carbons (Fsp3) is 0.714. The molecule has 0 aromatic heterocycles. The Morgan fingerprint density at radius 3 is 2.00 bits per heavy atom. The second-order valence-corrected chi connectivity index (χ2v) is 2.75. The quantitative estimate of drug-likeness (QED) is 0.540. The van der Waals surface area contributed by atoms with Crippen LogP contribution in [0.3, 0.4) is 0 Å². The fourth-order valence-electron chi connectivity index (χ4n) is 0.375. The predicted octanol–water partition coefficient (Wildman–Crippen LogP) is 0.694. The normalized spacial score (nSPS) is 16.6. The minimum Gasteiger partial charge on any atom is -0.389 e. The third kappa shape index (κ3) is 7.66. The first kappa shape index (κ1) is 8.66. The molecule has 0 amide bonds. The van der Waals surface area contributed by atoms with E-state index < -0.39 is 11.7 Å². The first-order chi connectivity index (χ1) is 3.92. The monoisotopic (exact) mass is 130 g/mol. The van der Waals surface area contributed by atoms with E-state index in [9.17, 15) is 0 Å². The van der Waals surface area contributed by atoms with Gasteiger partial charge in [-0.1, -0.05) is 12.2 Å². The van der Waals surface area contributed by atoms with Crippen LogP contribution in [0.1, 0.15) is 20.8 Å². The summed E-state index contributed by atoms with van der Waals surface area (Å²) in [6.45, 7) is 4.96. The van der Waals surface area contributed by atoms with Gasteiger partial charge in [0.15, 0.2) is 0 Å². The highest BCUT2D eigenvalue weighted by atomic mass is 16.3. The van der Waals surface area contributed by atoms with Crippen molar-refractivity contribution >= 4 is 0 Å². The average Bonchev–Trinajstić information content (AvgIpc) is 1.59. The van der Waals surface area contributed by atoms with E-state index in [0.29, 0.717) is 0 Å². The molecule has 0 saturated carbocycles. The molecule has 0 aliphatic heterocycles. The number of hydrogen-bond acceptors (Lipinski definition) is 2. The molecule has 0 spiro atoms. The number of aliphatic hydroxyl groups is 2. The summed E-state index contributed by atoms with van der Waals surface area (Å²) in [5, 5.41) is 17.8. The second kappa shape index (κ2) is 2.99. The Morgan fingerprint density at radius 2 is 1.89 bits per heavy atom. The Labute approximate surface area is 55.8 Å². The van der Waals surface area contributed by atoms with Crippen LogP contribution in [0.15, 0.2) is 12.2 Å². The zero-order chi connectivity index (χ0) is 7.49. The van der Waals surface area contributed by atoms with Crippen LogP contribution in [-0.4, -0.2) is 21.9 Å². The topological polar surface area (TPSA) is 40.5 Å². The lowest BCUT2D eigenvalue weighted by molar-refractivity contribution is 0.130. The summed E-state index contributed by atoms with van der Waals surface area (Å²) >= 11 is 0. The zero-order valence-corrected chi connectivity index (χ0v) is 6.13. The van der Waals surface area contributed by atoms with Gasteiger partial charge in [0.25, 0.3) is 0 Å². The van der Waals surface area contributed by atoms with Crippen molar-refractivity contribution in [2.45, 2.75) is 32.5 Å². The van der Waals surface area contributed by atoms with E-state index in [0.717, 1.165) is 0 Å². The Bertz CT molecular complexity index is 98.0. The third-order valence-electron chi connectivity index (χ3n) is 0.783. The van der Waals surface area contributed by atoms with Gasteiger partial charge >= 0.3 is 0 Å². The van der Waals surface area contributed by atoms with E-state index in [-0.39, 0.29) is 0 Å². The van der Waals surface area contributed by atoms with Crippen LogP contribution < -0.4 is 0 Å². The van der Waals surface area contributed by atoms with Gasteiger partial charge in [-0.3, -0.25) is 0 Å². The molecule has 0 aliphatic carbocycles. The molecule has 0 radical (unpaired) electrons. The van der Waals surface area contributed by atoms with E-state index in [1.807, 2.05) is 0 Å². The highest BCUT2D eigenvalue weighted by Crippen LogP contribution is 2.02. The SMILES string of the molecule is CC(O)/C=C/C(C)(C)O. The van der Waals surface area contributed by atoms with Gasteiger partial charge in [-0.2, -0.15) is 0 Å². The number of hydrogen-bond donors (Lipinski definition) is 2. The summed E-state index contributed by atoms with van der Waals surface area (Å²) in [7, 11) is 0. The fourth-order valence-corrected chi connectivity index (χ4v) is 0.375. The maximum absolute atomic E-state index is 9.07. The first-order valence-corrected chi connectivity index (χ1v) is 3.01. The van der Waals surface area contributed by atoms with Crippen molar-refractivity contribution in [3.63, 3.8) is 0 Å². The molecule has 0 aromatic rings. The van der Waals surface area contributed by atoms with Crippen LogP contribution in [0.25, 0.3) is 0 Å². The second-order valence-electron chi connectivity index (χ2n) is 2.75. The molecule has 2 heteroatoms. The van der Waals surface area contributed by atoms with Crippen molar-refractivity contribution in [3.05, 3.63) is 12.2 Å². The van der Waals surface area contributed by atoms with Crippen molar-refractivity contribution < 1.29 is 10.2 Å². The van der Waals surface area contributed by atoms with Gasteiger partial charge in [0.05, 0.1) is 11.7 Å². The lowest BCUT2D eigenvalue weighted by Gasteiger charge is -2.10. The van der Waals surface area contributed by atoms with Crippen LogP contribution in [0, 0.1) is 0 Å². The molecule has 0 fully saturated rings. The molecule has 1 unspecified atom stereocenters. The summed E-state index contributed by atoms with van der Waals surface area (Å²) < 4.78 is 0. The van der Waals surface area contributed by atoms with Crippen molar-refractivity contribution in [3.8, 4) is 0 Å². The molecular formula is C7H14O2. The van der Waals surface area contributed by atoms with Gasteiger partial charge in [-0.25, -0.2) is 0 Å². The van der Waals surface area contributed by atoms with Gasteiger partial charge in [-0.15, -0.1) is 0 Å². The Kier molecular flexibility index (Phi) is 2.88. The molecule has 2 nitrogen and oxygen atoms in total. The third-order valence-corrected chi connectivity index (χ3v) is 0.783. The Morgan fingerprint density at radius 1 is 1.44 bits per heavy atom. The van der Waals surface area contributed by atoms with Gasteiger partial charge in [0.1, 0.15) is 0 Å². The minimum absolute atomic E-state index is 0.476. The first-order valence-electron chi connectivity index (χ1n) is 3.01. The Balaban J connectivity index is 3.71. The highest BCUT2D eigenvalue weighted by Gasteiger charge is 2.05. The summed E-state index contributed by atoms with van der Waals surface area (Å²) in [5.41, 5.74) is -0.809. The maximum Gasteiger partial charge on any atom is 0.0772 e. The lowest BCUT2D eigenvalue weighted by atomic mass is 10.1. The van der Waals surface area contributed by atoms with Gasteiger partial charge in [0, 0.05) is 0 Å². The molecule has 1 atom stereocenters. The van der Waals surface area contributed by atoms with Crippen LogP contribution >= 0.6 is 0 Å². The summed E-state index contributed by atoms with van der Waals surface area (Å²) in [6.07, 6.45) is 2.65. The Hall–Kier alpha value is -0.340. The molecule has 0 bridgehead atoms. The molecule has 0 aliphatic rings. The van der Waals surface area contributed by atoms with Crippen LogP contribution in [0.5, 0.6) is 0 Å². The number of rotatable bonds is 2. The van der Waals surface area contributed by atoms with Crippen molar-refractivity contribution in [1.29, 1.82) is 0 Å². The van der Waals surface area contributed by atoms with Crippen LogP contribution in [-0.2, 0) is 0 Å².